The minimum Gasteiger partial charge on any atom is -0.343 e. The van der Waals surface area contributed by atoms with Crippen molar-refractivity contribution in [3.05, 3.63) is 17.5 Å². The topological polar surface area (TPSA) is 41.4 Å². The van der Waals surface area contributed by atoms with Gasteiger partial charge in [-0.15, -0.1) is 0 Å². The molecule has 118 valence electrons. The fraction of sp³-hybridized carbons (Fsp3) is 0.750. The van der Waals surface area contributed by atoms with Crippen LogP contribution in [0.1, 0.15) is 37.9 Å². The Hall–Kier alpha value is -1.36. The Kier molecular flexibility index (Phi) is 5.39. The normalized spacial score (nSPS) is 19.7. The number of amides is 1. The minimum absolute atomic E-state index is 0.159. The van der Waals surface area contributed by atoms with Crippen LogP contribution in [0.15, 0.2) is 6.20 Å². The molecule has 0 unspecified atom stereocenters. The molecule has 1 amide bonds. The highest BCUT2D eigenvalue weighted by atomic mass is 16.2. The van der Waals surface area contributed by atoms with Gasteiger partial charge in [-0.2, -0.15) is 5.10 Å². The zero-order valence-corrected chi connectivity index (χ0v) is 13.8. The molecule has 1 aromatic rings. The maximum absolute atomic E-state index is 12.5. The van der Waals surface area contributed by atoms with Crippen molar-refractivity contribution < 1.29 is 4.79 Å². The van der Waals surface area contributed by atoms with Crippen LogP contribution in [-0.4, -0.2) is 51.7 Å². The summed E-state index contributed by atoms with van der Waals surface area (Å²) in [7, 11) is 1.99. The number of nitrogens with zero attached hydrogens (tertiary/aromatic N) is 4. The predicted octanol–water partition coefficient (Wildman–Crippen LogP) is 1.81. The van der Waals surface area contributed by atoms with E-state index in [1.165, 1.54) is 11.3 Å². The van der Waals surface area contributed by atoms with Gasteiger partial charge in [0.15, 0.2) is 0 Å². The van der Waals surface area contributed by atoms with E-state index in [1.807, 2.05) is 22.8 Å². The largest absolute Gasteiger partial charge is 0.343 e. The summed E-state index contributed by atoms with van der Waals surface area (Å²) in [5, 5.41) is 4.31. The number of likely N-dealkylation sites (tertiary alicyclic amines) is 1. The van der Waals surface area contributed by atoms with Crippen molar-refractivity contribution in [2.75, 3.05) is 26.2 Å². The molecule has 0 aromatic carbocycles. The fourth-order valence-electron chi connectivity index (χ4n) is 3.21. The highest BCUT2D eigenvalue weighted by Crippen LogP contribution is 2.21. The molecule has 21 heavy (non-hydrogen) atoms. The SMILES string of the molecule is CCN(CC)C(=O)[C@@H]1CCCN(Cc2c(C)cnn2C)C1. The molecule has 1 aromatic heterocycles. The van der Waals surface area contributed by atoms with Crippen LogP contribution in [0.2, 0.25) is 0 Å². The van der Waals surface area contributed by atoms with Crippen LogP contribution in [0.4, 0.5) is 0 Å². The summed E-state index contributed by atoms with van der Waals surface area (Å²) in [6.07, 6.45) is 4.04. The van der Waals surface area contributed by atoms with E-state index in [-0.39, 0.29) is 5.92 Å². The molecule has 0 N–H and O–H groups in total. The number of piperidine rings is 1. The van der Waals surface area contributed by atoms with Crippen LogP contribution in [0.5, 0.6) is 0 Å². The van der Waals surface area contributed by atoms with Crippen LogP contribution in [-0.2, 0) is 18.4 Å². The van der Waals surface area contributed by atoms with Gasteiger partial charge in [0.25, 0.3) is 0 Å². The smallest absolute Gasteiger partial charge is 0.226 e. The van der Waals surface area contributed by atoms with Crippen molar-refractivity contribution in [3.8, 4) is 0 Å². The Morgan fingerprint density at radius 1 is 1.43 bits per heavy atom. The Morgan fingerprint density at radius 3 is 2.71 bits per heavy atom. The van der Waals surface area contributed by atoms with Crippen molar-refractivity contribution >= 4 is 5.91 Å². The third-order valence-electron chi connectivity index (χ3n) is 4.57. The molecule has 1 atom stereocenters. The van der Waals surface area contributed by atoms with Gasteiger partial charge in [-0.05, 0) is 45.7 Å². The van der Waals surface area contributed by atoms with E-state index in [2.05, 4.69) is 30.8 Å². The summed E-state index contributed by atoms with van der Waals surface area (Å²) in [4.78, 5) is 16.9. The second-order valence-electron chi connectivity index (χ2n) is 5.98. The molecular formula is C16H28N4O. The molecule has 0 aliphatic carbocycles. The average molecular weight is 292 g/mol. The third kappa shape index (κ3) is 3.64. The van der Waals surface area contributed by atoms with Crippen LogP contribution >= 0.6 is 0 Å². The van der Waals surface area contributed by atoms with Gasteiger partial charge in [0.05, 0.1) is 17.8 Å². The standard InChI is InChI=1S/C16H28N4O/c1-5-20(6-2)16(21)14-8-7-9-19(11-14)12-15-13(3)10-17-18(15)4/h10,14H,5-9,11-12H2,1-4H3/t14-/m1/s1. The minimum atomic E-state index is 0.159. The quantitative estimate of drug-likeness (QED) is 0.831. The maximum Gasteiger partial charge on any atom is 0.226 e. The first-order valence-corrected chi connectivity index (χ1v) is 8.05. The van der Waals surface area contributed by atoms with Crippen molar-refractivity contribution in [2.24, 2.45) is 13.0 Å². The summed E-state index contributed by atoms with van der Waals surface area (Å²) in [6, 6.07) is 0. The van der Waals surface area contributed by atoms with E-state index in [0.29, 0.717) is 5.91 Å². The van der Waals surface area contributed by atoms with Gasteiger partial charge in [0, 0.05) is 33.2 Å². The maximum atomic E-state index is 12.5. The molecular weight excluding hydrogens is 264 g/mol. The van der Waals surface area contributed by atoms with Gasteiger partial charge in [-0.3, -0.25) is 14.4 Å². The van der Waals surface area contributed by atoms with Crippen molar-refractivity contribution in [2.45, 2.75) is 40.2 Å². The molecule has 2 heterocycles. The molecule has 1 saturated heterocycles. The van der Waals surface area contributed by atoms with Gasteiger partial charge in [0.2, 0.25) is 5.91 Å². The summed E-state index contributed by atoms with van der Waals surface area (Å²) < 4.78 is 1.95. The number of aromatic nitrogens is 2. The first-order chi connectivity index (χ1) is 10.1. The van der Waals surface area contributed by atoms with Crippen molar-refractivity contribution in [1.82, 2.24) is 19.6 Å². The van der Waals surface area contributed by atoms with Crippen molar-refractivity contribution in [1.29, 1.82) is 0 Å². The predicted molar refractivity (Wildman–Crippen MR) is 83.9 cm³/mol. The lowest BCUT2D eigenvalue weighted by Gasteiger charge is -2.34. The Labute approximate surface area is 127 Å². The van der Waals surface area contributed by atoms with Gasteiger partial charge in [0.1, 0.15) is 0 Å². The van der Waals surface area contributed by atoms with Crippen LogP contribution < -0.4 is 0 Å². The molecule has 5 heteroatoms. The second kappa shape index (κ2) is 7.07. The highest BCUT2D eigenvalue weighted by molar-refractivity contribution is 5.79. The molecule has 2 rings (SSSR count). The lowest BCUT2D eigenvalue weighted by molar-refractivity contribution is -0.137. The molecule has 0 bridgehead atoms. The van der Waals surface area contributed by atoms with Gasteiger partial charge in [-0.1, -0.05) is 0 Å². The van der Waals surface area contributed by atoms with E-state index in [4.69, 9.17) is 0 Å². The number of hydrogen-bond acceptors (Lipinski definition) is 3. The van der Waals surface area contributed by atoms with E-state index in [1.54, 1.807) is 0 Å². The summed E-state index contributed by atoms with van der Waals surface area (Å²) in [5.41, 5.74) is 2.49. The molecule has 5 nitrogen and oxygen atoms in total. The Bertz CT molecular complexity index is 459. The second-order valence-corrected chi connectivity index (χ2v) is 5.98. The van der Waals surface area contributed by atoms with E-state index in [0.717, 1.165) is 45.6 Å². The zero-order valence-electron chi connectivity index (χ0n) is 13.8. The van der Waals surface area contributed by atoms with Crippen LogP contribution in [0.3, 0.4) is 0 Å². The van der Waals surface area contributed by atoms with E-state index in [9.17, 15) is 4.79 Å². The highest BCUT2D eigenvalue weighted by Gasteiger charge is 2.28. The van der Waals surface area contributed by atoms with Crippen LogP contribution in [0, 0.1) is 12.8 Å². The van der Waals surface area contributed by atoms with Gasteiger partial charge in [-0.25, -0.2) is 0 Å². The summed E-state index contributed by atoms with van der Waals surface area (Å²) in [6.45, 7) is 10.7. The molecule has 0 radical (unpaired) electrons. The number of aryl methyl sites for hydroxylation is 2. The number of rotatable bonds is 5. The van der Waals surface area contributed by atoms with E-state index < -0.39 is 0 Å². The first kappa shape index (κ1) is 16.0. The first-order valence-electron chi connectivity index (χ1n) is 8.05. The average Bonchev–Trinajstić information content (AvgIpc) is 2.80. The molecule has 1 aliphatic heterocycles. The number of carbonyl (C=O) groups excluding carboxylic acids is 1. The Balaban J connectivity index is 1.99. The molecule has 1 fully saturated rings. The van der Waals surface area contributed by atoms with Gasteiger partial charge >= 0.3 is 0 Å². The van der Waals surface area contributed by atoms with Gasteiger partial charge < -0.3 is 4.90 Å². The lowest BCUT2D eigenvalue weighted by Crippen LogP contribution is -2.44. The Morgan fingerprint density at radius 2 is 2.14 bits per heavy atom. The van der Waals surface area contributed by atoms with E-state index >= 15 is 0 Å². The lowest BCUT2D eigenvalue weighted by atomic mass is 9.96. The molecule has 1 aliphatic rings. The summed E-state index contributed by atoms with van der Waals surface area (Å²) >= 11 is 0. The third-order valence-corrected chi connectivity index (χ3v) is 4.57. The molecule has 0 spiro atoms. The summed E-state index contributed by atoms with van der Waals surface area (Å²) in [5.74, 6) is 0.485. The zero-order chi connectivity index (χ0) is 15.4. The number of carbonyl (C=O) groups is 1. The monoisotopic (exact) mass is 292 g/mol. The number of hydrogen-bond donors (Lipinski definition) is 0. The fourth-order valence-corrected chi connectivity index (χ4v) is 3.21. The van der Waals surface area contributed by atoms with Crippen LogP contribution in [0.25, 0.3) is 0 Å². The van der Waals surface area contributed by atoms with Crippen molar-refractivity contribution in [3.63, 3.8) is 0 Å². The molecule has 0 saturated carbocycles.